The van der Waals surface area contributed by atoms with Crippen molar-refractivity contribution in [1.82, 2.24) is 4.90 Å². The Hall–Kier alpha value is -4.34. The molecule has 9 nitrogen and oxygen atoms in total. The number of benzene rings is 3. The van der Waals surface area contributed by atoms with Crippen LogP contribution in [0, 0.1) is 0 Å². The number of esters is 1. The quantitative estimate of drug-likeness (QED) is 0.373. The van der Waals surface area contributed by atoms with E-state index in [1.807, 2.05) is 54.6 Å². The summed E-state index contributed by atoms with van der Waals surface area (Å²) in [6.07, 6.45) is 0. The van der Waals surface area contributed by atoms with Crippen LogP contribution in [-0.2, 0) is 19.1 Å². The number of methoxy groups -OCH3 is 1. The summed E-state index contributed by atoms with van der Waals surface area (Å²) in [4.78, 5) is 46.7. The first-order valence-electron chi connectivity index (χ1n) is 12.8. The molecule has 0 aliphatic carbocycles. The Morgan fingerprint density at radius 3 is 2.44 bits per heavy atom. The van der Waals surface area contributed by atoms with E-state index in [2.05, 4.69) is 10.2 Å². The number of aliphatic imine (C=N–C) groups is 1. The molecular formula is C30H30N4O5. The number of hydrogen-bond acceptors (Lipinski definition) is 7. The molecule has 2 amide bonds. The smallest absolute Gasteiger partial charge is 0.337 e. The van der Waals surface area contributed by atoms with Crippen molar-refractivity contribution < 1.29 is 23.9 Å². The van der Waals surface area contributed by atoms with Crippen molar-refractivity contribution in [3.63, 3.8) is 0 Å². The molecule has 0 aromatic heterocycles. The van der Waals surface area contributed by atoms with E-state index in [1.165, 1.54) is 7.11 Å². The van der Waals surface area contributed by atoms with Crippen LogP contribution in [0.15, 0.2) is 77.8 Å². The molecule has 9 heteroatoms. The van der Waals surface area contributed by atoms with E-state index < -0.39 is 11.9 Å². The van der Waals surface area contributed by atoms with Gasteiger partial charge in [0.2, 0.25) is 11.8 Å². The topological polar surface area (TPSA) is 101 Å². The van der Waals surface area contributed by atoms with Gasteiger partial charge in [-0.3, -0.25) is 19.5 Å². The molecule has 2 aliphatic rings. The second kappa shape index (κ2) is 11.6. The summed E-state index contributed by atoms with van der Waals surface area (Å²) in [6, 6.07) is 22.0. The molecule has 0 radical (unpaired) electrons. The molecular weight excluding hydrogens is 496 g/mol. The van der Waals surface area contributed by atoms with Crippen LogP contribution in [0.25, 0.3) is 0 Å². The standard InChI is InChI=1S/C30H30N4O5/c1-33(26(35)19-34-14-16-39-17-15-34)23-11-9-22(10-12-23)31-28(20-6-4-3-5-7-20)27-24-13-8-21(30(37)38-2)18-25(24)32-29(27)36/h3-13,18,27H,14-17,19H2,1-2H3,(H,32,36). The van der Waals surface area contributed by atoms with E-state index in [0.29, 0.717) is 42.4 Å². The molecule has 1 atom stereocenters. The maximum Gasteiger partial charge on any atom is 0.337 e. The molecule has 1 fully saturated rings. The predicted molar refractivity (Wildman–Crippen MR) is 149 cm³/mol. The minimum absolute atomic E-state index is 0.00341. The third-order valence-corrected chi connectivity index (χ3v) is 6.97. The summed E-state index contributed by atoms with van der Waals surface area (Å²) in [6.45, 7) is 3.12. The van der Waals surface area contributed by atoms with Crippen molar-refractivity contribution in [2.45, 2.75) is 5.92 Å². The van der Waals surface area contributed by atoms with Gasteiger partial charge in [0.1, 0.15) is 5.92 Å². The predicted octanol–water partition coefficient (Wildman–Crippen LogP) is 3.62. The third kappa shape index (κ3) is 5.74. The van der Waals surface area contributed by atoms with Crippen molar-refractivity contribution >= 4 is 40.6 Å². The molecule has 200 valence electrons. The van der Waals surface area contributed by atoms with Crippen molar-refractivity contribution in [3.8, 4) is 0 Å². The van der Waals surface area contributed by atoms with Gasteiger partial charge in [-0.2, -0.15) is 0 Å². The number of carbonyl (C=O) groups excluding carboxylic acids is 3. The van der Waals surface area contributed by atoms with Crippen LogP contribution in [0.4, 0.5) is 17.1 Å². The average Bonchev–Trinajstić information content (AvgIpc) is 3.31. The highest BCUT2D eigenvalue weighted by Gasteiger charge is 2.36. The molecule has 5 rings (SSSR count). The van der Waals surface area contributed by atoms with Crippen LogP contribution in [0.5, 0.6) is 0 Å². The molecule has 3 aromatic carbocycles. The minimum atomic E-state index is -0.661. The maximum atomic E-state index is 13.2. The van der Waals surface area contributed by atoms with Crippen LogP contribution in [0.3, 0.4) is 0 Å². The summed E-state index contributed by atoms with van der Waals surface area (Å²) in [7, 11) is 3.08. The molecule has 1 unspecified atom stereocenters. The van der Waals surface area contributed by atoms with Gasteiger partial charge < -0.3 is 19.7 Å². The summed E-state index contributed by atoms with van der Waals surface area (Å²) >= 11 is 0. The molecule has 0 bridgehead atoms. The lowest BCUT2D eigenvalue weighted by Gasteiger charge is -2.28. The number of nitrogens with zero attached hydrogens (tertiary/aromatic N) is 3. The van der Waals surface area contributed by atoms with Crippen molar-refractivity contribution in [2.24, 2.45) is 4.99 Å². The number of fused-ring (bicyclic) bond motifs is 1. The van der Waals surface area contributed by atoms with Crippen LogP contribution in [0.1, 0.15) is 27.4 Å². The summed E-state index contributed by atoms with van der Waals surface area (Å²) in [5.74, 6) is -1.35. The summed E-state index contributed by atoms with van der Waals surface area (Å²) < 4.78 is 10.2. The normalized spacial score (nSPS) is 17.3. The zero-order valence-electron chi connectivity index (χ0n) is 21.9. The Morgan fingerprint density at radius 1 is 1.03 bits per heavy atom. The van der Waals surface area contributed by atoms with Crippen molar-refractivity contribution in [1.29, 1.82) is 0 Å². The van der Waals surface area contributed by atoms with Crippen molar-refractivity contribution in [3.05, 3.63) is 89.5 Å². The van der Waals surface area contributed by atoms with E-state index in [1.54, 1.807) is 30.1 Å². The largest absolute Gasteiger partial charge is 0.465 e. The van der Waals surface area contributed by atoms with Crippen LogP contribution < -0.4 is 10.2 Å². The fraction of sp³-hybridized carbons (Fsp3) is 0.267. The van der Waals surface area contributed by atoms with Crippen LogP contribution in [-0.4, -0.2) is 75.4 Å². The SMILES string of the molecule is COC(=O)c1ccc2c(c1)NC(=O)C2C(=Nc1ccc(N(C)C(=O)CN2CCOCC2)cc1)c1ccccc1. The summed E-state index contributed by atoms with van der Waals surface area (Å²) in [5, 5.41) is 2.89. The molecule has 3 aromatic rings. The summed E-state index contributed by atoms with van der Waals surface area (Å²) in [5.41, 5.74) is 4.46. The Bertz CT molecular complexity index is 1400. The van der Waals surface area contributed by atoms with Gasteiger partial charge in [0.05, 0.1) is 43.8 Å². The fourth-order valence-corrected chi connectivity index (χ4v) is 4.77. The number of hydrogen-bond donors (Lipinski definition) is 1. The lowest BCUT2D eigenvalue weighted by molar-refractivity contribution is -0.120. The molecule has 0 saturated carbocycles. The monoisotopic (exact) mass is 526 g/mol. The fourth-order valence-electron chi connectivity index (χ4n) is 4.77. The molecule has 1 saturated heterocycles. The van der Waals surface area contributed by atoms with Crippen LogP contribution >= 0.6 is 0 Å². The molecule has 2 heterocycles. The number of amides is 2. The Labute approximate surface area is 227 Å². The Balaban J connectivity index is 1.42. The van der Waals surface area contributed by atoms with Gasteiger partial charge >= 0.3 is 5.97 Å². The number of likely N-dealkylation sites (N-methyl/N-ethyl adjacent to an activating group) is 1. The van der Waals surface area contributed by atoms with Gasteiger partial charge in [-0.25, -0.2) is 4.79 Å². The third-order valence-electron chi connectivity index (χ3n) is 6.97. The van der Waals surface area contributed by atoms with E-state index in [-0.39, 0.29) is 11.8 Å². The zero-order chi connectivity index (χ0) is 27.4. The Morgan fingerprint density at radius 2 is 1.74 bits per heavy atom. The van der Waals surface area contributed by atoms with Gasteiger partial charge in [0.25, 0.3) is 0 Å². The highest BCUT2D eigenvalue weighted by Crippen LogP contribution is 2.37. The van der Waals surface area contributed by atoms with Gasteiger partial charge in [-0.15, -0.1) is 0 Å². The van der Waals surface area contributed by atoms with E-state index >= 15 is 0 Å². The molecule has 39 heavy (non-hydrogen) atoms. The number of ether oxygens (including phenoxy) is 2. The maximum absolute atomic E-state index is 13.2. The number of carbonyl (C=O) groups is 3. The van der Waals surface area contributed by atoms with Gasteiger partial charge in [0, 0.05) is 31.5 Å². The lowest BCUT2D eigenvalue weighted by Crippen LogP contribution is -2.43. The first-order valence-corrected chi connectivity index (χ1v) is 12.8. The molecule has 2 aliphatic heterocycles. The highest BCUT2D eigenvalue weighted by atomic mass is 16.5. The van der Waals surface area contributed by atoms with Crippen molar-refractivity contribution in [2.75, 3.05) is 57.2 Å². The van der Waals surface area contributed by atoms with E-state index in [4.69, 9.17) is 14.5 Å². The average molecular weight is 527 g/mol. The number of morpholine rings is 1. The number of rotatable bonds is 7. The first kappa shape index (κ1) is 26.3. The van der Waals surface area contributed by atoms with Gasteiger partial charge in [-0.1, -0.05) is 36.4 Å². The minimum Gasteiger partial charge on any atom is -0.465 e. The number of anilines is 2. The second-order valence-electron chi connectivity index (χ2n) is 9.44. The molecule has 1 N–H and O–H groups in total. The van der Waals surface area contributed by atoms with E-state index in [0.717, 1.165) is 29.9 Å². The van der Waals surface area contributed by atoms with E-state index in [9.17, 15) is 14.4 Å². The Kier molecular flexibility index (Phi) is 7.81. The second-order valence-corrected chi connectivity index (χ2v) is 9.44. The molecule has 0 spiro atoms. The first-order chi connectivity index (χ1) is 18.9. The lowest BCUT2D eigenvalue weighted by atomic mass is 9.90. The van der Waals surface area contributed by atoms with Gasteiger partial charge in [0.15, 0.2) is 0 Å². The zero-order valence-corrected chi connectivity index (χ0v) is 21.9. The number of nitrogens with one attached hydrogen (secondary N) is 1. The van der Waals surface area contributed by atoms with Gasteiger partial charge in [-0.05, 0) is 47.5 Å². The highest BCUT2D eigenvalue weighted by molar-refractivity contribution is 6.24. The van der Waals surface area contributed by atoms with Crippen LogP contribution in [0.2, 0.25) is 0 Å².